The van der Waals surface area contributed by atoms with Gasteiger partial charge >= 0.3 is 6.36 Å². The van der Waals surface area contributed by atoms with Crippen LogP contribution in [0.4, 0.5) is 18.9 Å². The van der Waals surface area contributed by atoms with Crippen molar-refractivity contribution < 1.29 is 27.5 Å². The van der Waals surface area contributed by atoms with Crippen LogP contribution < -0.4 is 20.9 Å². The van der Waals surface area contributed by atoms with Crippen molar-refractivity contribution in [3.8, 4) is 5.75 Å². The molecule has 0 aliphatic heterocycles. The third-order valence-corrected chi connectivity index (χ3v) is 6.01. The zero-order valence-corrected chi connectivity index (χ0v) is 22.6. The molecule has 0 aliphatic carbocycles. The van der Waals surface area contributed by atoms with Gasteiger partial charge < -0.3 is 19.9 Å². The second-order valence-electron chi connectivity index (χ2n) is 9.43. The summed E-state index contributed by atoms with van der Waals surface area (Å²) in [5.74, 6) is -1.26. The summed E-state index contributed by atoms with van der Waals surface area (Å²) in [4.78, 5) is 41.4. The highest BCUT2D eigenvalue weighted by Gasteiger charge is 2.31. The van der Waals surface area contributed by atoms with Crippen LogP contribution in [0.15, 0.2) is 71.9 Å². The van der Waals surface area contributed by atoms with Crippen LogP contribution in [-0.4, -0.2) is 42.7 Å². The summed E-state index contributed by atoms with van der Waals surface area (Å²) in [6.07, 6.45) is 1.09. The van der Waals surface area contributed by atoms with E-state index in [2.05, 4.69) is 30.7 Å². The molecule has 4 rings (SSSR count). The molecule has 0 saturated carbocycles. The Morgan fingerprint density at radius 3 is 2.57 bits per heavy atom. The van der Waals surface area contributed by atoms with Crippen molar-refractivity contribution >= 4 is 17.5 Å². The molecular weight excluding hydrogens is 555 g/mol. The molecule has 1 aromatic carbocycles. The lowest BCUT2D eigenvalue weighted by Crippen LogP contribution is -2.23. The second-order valence-corrected chi connectivity index (χ2v) is 9.43. The normalized spacial score (nSPS) is 11.2. The lowest BCUT2D eigenvalue weighted by Gasteiger charge is -2.11. The summed E-state index contributed by atoms with van der Waals surface area (Å²) in [6.45, 7) is 3.13. The van der Waals surface area contributed by atoms with Crippen LogP contribution in [0.3, 0.4) is 0 Å². The molecule has 42 heavy (non-hydrogen) atoms. The van der Waals surface area contributed by atoms with Crippen molar-refractivity contribution in [2.24, 2.45) is 0 Å². The molecule has 220 valence electrons. The maximum Gasteiger partial charge on any atom is 0.573 e. The fourth-order valence-corrected chi connectivity index (χ4v) is 3.96. The maximum absolute atomic E-state index is 12.5. The number of aromatic nitrogens is 5. The molecular formula is C28H28F3N7O4. The number of carbonyl (C=O) groups is 2. The van der Waals surface area contributed by atoms with Crippen LogP contribution in [-0.2, 0) is 30.8 Å². The van der Waals surface area contributed by atoms with E-state index in [0.29, 0.717) is 38.0 Å². The zero-order valence-electron chi connectivity index (χ0n) is 22.6. The lowest BCUT2D eigenvalue weighted by molar-refractivity contribution is -0.274. The van der Waals surface area contributed by atoms with Crippen molar-refractivity contribution in [3.63, 3.8) is 0 Å². The molecule has 0 saturated heterocycles. The number of nitrogens with one attached hydrogen (secondary N) is 2. The third-order valence-electron chi connectivity index (χ3n) is 6.01. The first-order valence-electron chi connectivity index (χ1n) is 13.0. The van der Waals surface area contributed by atoms with Gasteiger partial charge in [-0.05, 0) is 55.2 Å². The van der Waals surface area contributed by atoms with Gasteiger partial charge in [0.2, 0.25) is 5.91 Å². The summed E-state index contributed by atoms with van der Waals surface area (Å²) in [5, 5.41) is 13.3. The van der Waals surface area contributed by atoms with Gasteiger partial charge in [0.25, 0.3) is 11.5 Å². The molecule has 0 aliphatic rings. The van der Waals surface area contributed by atoms with E-state index in [9.17, 15) is 27.6 Å². The average Bonchev–Trinajstić information content (AvgIpc) is 3.40. The smallest absolute Gasteiger partial charge is 0.406 e. The molecule has 3 aromatic heterocycles. The zero-order chi connectivity index (χ0) is 30.1. The average molecular weight is 584 g/mol. The van der Waals surface area contributed by atoms with E-state index in [4.69, 9.17) is 0 Å². The van der Waals surface area contributed by atoms with Crippen molar-refractivity contribution in [1.29, 1.82) is 0 Å². The van der Waals surface area contributed by atoms with Crippen LogP contribution in [0, 0.1) is 6.92 Å². The number of ether oxygens (including phenoxy) is 1. The first-order chi connectivity index (χ1) is 20.0. The number of hydrogen-bond acceptors (Lipinski definition) is 7. The Labute approximate surface area is 238 Å². The topological polar surface area (TPSA) is 133 Å². The Kier molecular flexibility index (Phi) is 9.68. The van der Waals surface area contributed by atoms with E-state index < -0.39 is 18.0 Å². The molecule has 11 nitrogen and oxygen atoms in total. The van der Waals surface area contributed by atoms with Gasteiger partial charge in [-0.3, -0.25) is 24.0 Å². The number of amides is 2. The number of anilines is 1. The Morgan fingerprint density at radius 1 is 1.02 bits per heavy atom. The summed E-state index contributed by atoms with van der Waals surface area (Å²) >= 11 is 0. The summed E-state index contributed by atoms with van der Waals surface area (Å²) in [7, 11) is 0. The van der Waals surface area contributed by atoms with Crippen molar-refractivity contribution in [2.45, 2.75) is 52.2 Å². The molecule has 0 atom stereocenters. The standard InChI is InChI=1S/C28H28F3N7O4/c1-19-7-8-21(16-32-19)17-33-27(41)24-18-38(36-35-24)11-3-2-10-37-12-9-22(15-26(37)40)34-25(39)14-20-5-4-6-23(13-20)42-28(29,30)31/h4-9,12-13,15-16,18H,2-3,10-11,14,17H2,1H3,(H,33,41)(H,34,39). The highest BCUT2D eigenvalue weighted by Crippen LogP contribution is 2.23. The van der Waals surface area contributed by atoms with Crippen molar-refractivity contribution in [1.82, 2.24) is 29.9 Å². The van der Waals surface area contributed by atoms with Crippen LogP contribution in [0.1, 0.15) is 40.2 Å². The number of pyridine rings is 2. The highest BCUT2D eigenvalue weighted by atomic mass is 19.4. The SMILES string of the molecule is Cc1ccc(CNC(=O)c2cn(CCCCn3ccc(NC(=O)Cc4cccc(OC(F)(F)F)c4)cc3=O)nn2)cn1. The van der Waals surface area contributed by atoms with E-state index >= 15 is 0 Å². The Bertz CT molecular complexity index is 1580. The molecule has 0 bridgehead atoms. The van der Waals surface area contributed by atoms with Crippen LogP contribution in [0.25, 0.3) is 0 Å². The summed E-state index contributed by atoms with van der Waals surface area (Å²) in [6, 6.07) is 11.7. The number of benzene rings is 1. The molecule has 2 amide bonds. The number of alkyl halides is 3. The Hall–Kier alpha value is -5.01. The minimum absolute atomic E-state index is 0.200. The summed E-state index contributed by atoms with van der Waals surface area (Å²) in [5.41, 5.74) is 2.24. The predicted molar refractivity (Wildman–Crippen MR) is 146 cm³/mol. The van der Waals surface area contributed by atoms with Gasteiger partial charge in [0.1, 0.15) is 5.75 Å². The van der Waals surface area contributed by atoms with E-state index in [0.717, 1.165) is 23.4 Å². The van der Waals surface area contributed by atoms with Gasteiger partial charge in [-0.25, -0.2) is 0 Å². The van der Waals surface area contributed by atoms with E-state index in [1.807, 2.05) is 19.1 Å². The van der Waals surface area contributed by atoms with Crippen LogP contribution in [0.5, 0.6) is 5.75 Å². The van der Waals surface area contributed by atoms with Crippen molar-refractivity contribution in [3.05, 3.63) is 100.0 Å². The molecule has 0 radical (unpaired) electrons. The third kappa shape index (κ3) is 9.28. The molecule has 0 fully saturated rings. The van der Waals surface area contributed by atoms with Crippen molar-refractivity contribution in [2.75, 3.05) is 5.32 Å². The number of nitrogens with zero attached hydrogens (tertiary/aromatic N) is 5. The first-order valence-corrected chi connectivity index (χ1v) is 13.0. The molecule has 14 heteroatoms. The van der Waals surface area contributed by atoms with Gasteiger partial charge in [0.15, 0.2) is 5.69 Å². The minimum Gasteiger partial charge on any atom is -0.406 e. The fourth-order valence-electron chi connectivity index (χ4n) is 3.96. The number of aryl methyl sites for hydroxylation is 3. The van der Waals surface area contributed by atoms with Gasteiger partial charge in [0, 0.05) is 49.5 Å². The number of halogens is 3. The number of rotatable bonds is 12. The van der Waals surface area contributed by atoms with Gasteiger partial charge in [0.05, 0.1) is 12.6 Å². The summed E-state index contributed by atoms with van der Waals surface area (Å²) < 4.78 is 44.2. The van der Waals surface area contributed by atoms with Gasteiger partial charge in [-0.2, -0.15) is 0 Å². The number of unbranched alkanes of at least 4 members (excludes halogenated alkanes) is 1. The number of hydrogen-bond donors (Lipinski definition) is 2. The van der Waals surface area contributed by atoms with Crippen LogP contribution >= 0.6 is 0 Å². The Balaban J connectivity index is 1.19. The highest BCUT2D eigenvalue weighted by molar-refractivity contribution is 5.92. The second kappa shape index (κ2) is 13.6. The quantitative estimate of drug-likeness (QED) is 0.243. The van der Waals surface area contributed by atoms with Crippen LogP contribution in [0.2, 0.25) is 0 Å². The van der Waals surface area contributed by atoms with E-state index in [1.165, 1.54) is 22.8 Å². The lowest BCUT2D eigenvalue weighted by atomic mass is 10.1. The molecule has 3 heterocycles. The predicted octanol–water partition coefficient (Wildman–Crippen LogP) is 3.63. The molecule has 4 aromatic rings. The first kappa shape index (κ1) is 30.0. The minimum atomic E-state index is -4.83. The van der Waals surface area contributed by atoms with Gasteiger partial charge in [-0.1, -0.05) is 23.4 Å². The molecule has 0 unspecified atom stereocenters. The monoisotopic (exact) mass is 583 g/mol. The van der Waals surface area contributed by atoms with E-state index in [1.54, 1.807) is 29.3 Å². The number of carbonyl (C=O) groups excluding carboxylic acids is 2. The Morgan fingerprint density at radius 2 is 1.83 bits per heavy atom. The molecule has 0 spiro atoms. The fraction of sp³-hybridized carbons (Fsp3) is 0.286. The largest absolute Gasteiger partial charge is 0.573 e. The maximum atomic E-state index is 12.5. The van der Waals surface area contributed by atoms with Gasteiger partial charge in [-0.15, -0.1) is 18.3 Å². The van der Waals surface area contributed by atoms with E-state index in [-0.39, 0.29) is 29.3 Å². The molecule has 2 N–H and O–H groups in total.